The van der Waals surface area contributed by atoms with E-state index in [0.717, 1.165) is 5.56 Å². The van der Waals surface area contributed by atoms with Crippen LogP contribution in [-0.4, -0.2) is 46.0 Å². The summed E-state index contributed by atoms with van der Waals surface area (Å²) < 4.78 is 11.4. The molecular weight excluding hydrogens is 542 g/mol. The quantitative estimate of drug-likeness (QED) is 0.219. The highest BCUT2D eigenvalue weighted by molar-refractivity contribution is 6.02. The number of hydrogen-bond acceptors (Lipinski definition) is 8. The molecule has 3 amide bonds. The number of carbonyl (C=O) groups excluding carboxylic acids is 4. The van der Waals surface area contributed by atoms with Crippen molar-refractivity contribution in [2.45, 2.75) is 51.8 Å². The summed E-state index contributed by atoms with van der Waals surface area (Å²) in [5, 5.41) is 11.8. The van der Waals surface area contributed by atoms with Gasteiger partial charge in [-0.2, -0.15) is 0 Å². The summed E-state index contributed by atoms with van der Waals surface area (Å²) in [6, 6.07) is 12.0. The molecule has 3 atom stereocenters. The lowest BCUT2D eigenvalue weighted by atomic mass is 9.97. The van der Waals surface area contributed by atoms with Crippen molar-refractivity contribution >= 4 is 29.4 Å². The Balaban J connectivity index is 1.47. The molecular formula is C30H33N5O7. The zero-order chi connectivity index (χ0) is 30.1. The van der Waals surface area contributed by atoms with Crippen LogP contribution in [0.25, 0.3) is 0 Å². The van der Waals surface area contributed by atoms with Crippen molar-refractivity contribution in [1.29, 1.82) is 0 Å². The van der Waals surface area contributed by atoms with Gasteiger partial charge >= 0.3 is 5.97 Å². The fourth-order valence-corrected chi connectivity index (χ4v) is 4.63. The van der Waals surface area contributed by atoms with E-state index < -0.39 is 35.4 Å². The van der Waals surface area contributed by atoms with Crippen LogP contribution in [0.15, 0.2) is 76.2 Å². The van der Waals surface area contributed by atoms with Crippen LogP contribution in [0.5, 0.6) is 0 Å². The zero-order valence-corrected chi connectivity index (χ0v) is 23.4. The number of anilines is 1. The SMILES string of the molecule is CC[C@H](C(=O)N[C@H](/C=C/C(=O)OCc1ccccc1)C[C@@H]1CCNC1=O)n1cccc(NC(=O)c2cc(C)on2)c1=O. The highest BCUT2D eigenvalue weighted by atomic mass is 16.5. The van der Waals surface area contributed by atoms with Crippen LogP contribution in [-0.2, 0) is 25.7 Å². The predicted molar refractivity (Wildman–Crippen MR) is 152 cm³/mol. The average Bonchev–Trinajstić information content (AvgIpc) is 3.61. The third-order valence-corrected chi connectivity index (χ3v) is 6.83. The fourth-order valence-electron chi connectivity index (χ4n) is 4.63. The molecule has 12 nitrogen and oxygen atoms in total. The topological polar surface area (TPSA) is 162 Å². The molecule has 1 aliphatic rings. The van der Waals surface area contributed by atoms with Gasteiger partial charge in [0.1, 0.15) is 24.1 Å². The van der Waals surface area contributed by atoms with Crippen molar-refractivity contribution in [3.05, 3.63) is 94.3 Å². The molecule has 2 aromatic heterocycles. The second-order valence-electron chi connectivity index (χ2n) is 9.92. The van der Waals surface area contributed by atoms with E-state index in [2.05, 4.69) is 21.1 Å². The van der Waals surface area contributed by atoms with Crippen LogP contribution in [0.2, 0.25) is 0 Å². The molecule has 1 saturated heterocycles. The Labute approximate surface area is 242 Å². The first kappa shape index (κ1) is 30.0. The van der Waals surface area contributed by atoms with E-state index in [-0.39, 0.29) is 42.7 Å². The van der Waals surface area contributed by atoms with Crippen LogP contribution in [0.1, 0.15) is 54.0 Å². The van der Waals surface area contributed by atoms with Gasteiger partial charge in [0.25, 0.3) is 11.5 Å². The van der Waals surface area contributed by atoms with Gasteiger partial charge in [-0.15, -0.1) is 0 Å². The van der Waals surface area contributed by atoms with Gasteiger partial charge in [0.05, 0.1) is 0 Å². The highest BCUT2D eigenvalue weighted by Gasteiger charge is 2.29. The molecule has 3 heterocycles. The van der Waals surface area contributed by atoms with Crippen molar-refractivity contribution in [2.24, 2.45) is 5.92 Å². The normalized spacial score (nSPS) is 16.0. The minimum atomic E-state index is -0.929. The number of esters is 1. The second kappa shape index (κ2) is 14.1. The summed E-state index contributed by atoms with van der Waals surface area (Å²) in [4.78, 5) is 63.9. The molecule has 220 valence electrons. The molecule has 0 radical (unpaired) electrons. The average molecular weight is 576 g/mol. The molecule has 0 saturated carbocycles. The molecule has 12 heteroatoms. The number of aryl methyl sites for hydroxylation is 1. The summed E-state index contributed by atoms with van der Waals surface area (Å²) in [6.45, 7) is 4.01. The number of nitrogens with zero attached hydrogens (tertiary/aromatic N) is 2. The summed E-state index contributed by atoms with van der Waals surface area (Å²) in [5.41, 5.74) is 0.229. The van der Waals surface area contributed by atoms with Crippen molar-refractivity contribution in [1.82, 2.24) is 20.4 Å². The molecule has 0 bridgehead atoms. The number of aromatic nitrogens is 2. The van der Waals surface area contributed by atoms with Crippen LogP contribution in [0.3, 0.4) is 0 Å². The van der Waals surface area contributed by atoms with E-state index in [1.807, 2.05) is 30.3 Å². The summed E-state index contributed by atoms with van der Waals surface area (Å²) in [6.07, 6.45) is 5.31. The van der Waals surface area contributed by atoms with Crippen molar-refractivity contribution in [3.8, 4) is 0 Å². The van der Waals surface area contributed by atoms with E-state index in [1.54, 1.807) is 19.9 Å². The molecule has 1 aliphatic heterocycles. The number of rotatable bonds is 12. The summed E-state index contributed by atoms with van der Waals surface area (Å²) in [5.74, 6) is -1.73. The molecule has 4 rings (SSSR count). The van der Waals surface area contributed by atoms with Gasteiger partial charge < -0.3 is 29.8 Å². The molecule has 1 aromatic carbocycles. The molecule has 42 heavy (non-hydrogen) atoms. The van der Waals surface area contributed by atoms with Crippen LogP contribution in [0.4, 0.5) is 5.69 Å². The summed E-state index contributed by atoms with van der Waals surface area (Å²) >= 11 is 0. The van der Waals surface area contributed by atoms with Crippen LogP contribution >= 0.6 is 0 Å². The minimum Gasteiger partial charge on any atom is -0.458 e. The standard InChI is InChI=1S/C30H33N5O7/c1-3-25(35-15-7-10-23(30(35)40)33-28(38)24-16-19(2)42-34-24)29(39)32-22(17-21-13-14-31-27(21)37)11-12-26(36)41-18-20-8-5-4-6-9-20/h4-12,15-16,21-22,25H,3,13-14,17-18H2,1-2H3,(H,31,37)(H,32,39)(H,33,38)/b12-11+/t21-,22+,25+/m0/s1. The third kappa shape index (κ3) is 7.80. The predicted octanol–water partition coefficient (Wildman–Crippen LogP) is 2.66. The van der Waals surface area contributed by atoms with E-state index in [9.17, 15) is 24.0 Å². The Hall–Kier alpha value is -5.00. The van der Waals surface area contributed by atoms with Crippen LogP contribution in [0, 0.1) is 12.8 Å². The lowest BCUT2D eigenvalue weighted by Crippen LogP contribution is -2.42. The first-order valence-electron chi connectivity index (χ1n) is 13.7. The Morgan fingerprint density at radius 2 is 1.98 bits per heavy atom. The van der Waals surface area contributed by atoms with Gasteiger partial charge in [0.15, 0.2) is 5.69 Å². The van der Waals surface area contributed by atoms with E-state index >= 15 is 0 Å². The maximum atomic E-state index is 13.5. The van der Waals surface area contributed by atoms with Crippen molar-refractivity contribution in [2.75, 3.05) is 11.9 Å². The smallest absolute Gasteiger partial charge is 0.330 e. The van der Waals surface area contributed by atoms with E-state index in [1.165, 1.54) is 35.0 Å². The fraction of sp³-hybridized carbons (Fsp3) is 0.333. The maximum Gasteiger partial charge on any atom is 0.330 e. The largest absolute Gasteiger partial charge is 0.458 e. The first-order valence-corrected chi connectivity index (χ1v) is 13.7. The third-order valence-electron chi connectivity index (χ3n) is 6.83. The monoisotopic (exact) mass is 575 g/mol. The Kier molecular flexibility index (Phi) is 10.0. The molecule has 3 aromatic rings. The lowest BCUT2D eigenvalue weighted by Gasteiger charge is -2.23. The number of nitrogens with one attached hydrogen (secondary N) is 3. The van der Waals surface area contributed by atoms with Gasteiger partial charge in [-0.05, 0) is 43.9 Å². The maximum absolute atomic E-state index is 13.5. The minimum absolute atomic E-state index is 0.0139. The van der Waals surface area contributed by atoms with Gasteiger partial charge in [0.2, 0.25) is 11.8 Å². The number of hydrogen-bond donors (Lipinski definition) is 3. The summed E-state index contributed by atoms with van der Waals surface area (Å²) in [7, 11) is 0. The number of ether oxygens (including phenoxy) is 1. The van der Waals surface area contributed by atoms with Gasteiger partial charge in [0, 0.05) is 36.8 Å². The van der Waals surface area contributed by atoms with Gasteiger partial charge in [-0.1, -0.05) is 48.5 Å². The van der Waals surface area contributed by atoms with E-state index in [4.69, 9.17) is 9.26 Å². The number of amides is 3. The van der Waals surface area contributed by atoms with Gasteiger partial charge in [-0.3, -0.25) is 19.2 Å². The molecule has 3 N–H and O–H groups in total. The Morgan fingerprint density at radius 3 is 2.64 bits per heavy atom. The van der Waals surface area contributed by atoms with Crippen molar-refractivity contribution in [3.63, 3.8) is 0 Å². The number of pyridine rings is 1. The first-order chi connectivity index (χ1) is 20.2. The zero-order valence-electron chi connectivity index (χ0n) is 23.4. The molecule has 1 fully saturated rings. The van der Waals surface area contributed by atoms with Gasteiger partial charge in [-0.25, -0.2) is 4.79 Å². The second-order valence-corrected chi connectivity index (χ2v) is 9.92. The highest BCUT2D eigenvalue weighted by Crippen LogP contribution is 2.19. The Morgan fingerprint density at radius 1 is 1.19 bits per heavy atom. The molecule has 0 unspecified atom stereocenters. The molecule has 0 spiro atoms. The van der Waals surface area contributed by atoms with Crippen LogP contribution < -0.4 is 21.5 Å². The van der Waals surface area contributed by atoms with Crippen molar-refractivity contribution < 1.29 is 28.4 Å². The van der Waals surface area contributed by atoms with E-state index in [0.29, 0.717) is 18.7 Å². The number of carbonyl (C=O) groups is 4. The lowest BCUT2D eigenvalue weighted by molar-refractivity contribution is -0.139. The molecule has 0 aliphatic carbocycles. The number of benzene rings is 1. The Bertz CT molecular complexity index is 1510.